The summed E-state index contributed by atoms with van der Waals surface area (Å²) in [6.07, 6.45) is 5.46. The number of benzene rings is 1. The van der Waals surface area contributed by atoms with Gasteiger partial charge in [-0.2, -0.15) is 0 Å². The quantitative estimate of drug-likeness (QED) is 0.748. The molecule has 0 aromatic heterocycles. The molecule has 1 aliphatic rings. The van der Waals surface area contributed by atoms with E-state index in [1.54, 1.807) is 12.1 Å². The molecule has 1 fully saturated rings. The van der Waals surface area contributed by atoms with E-state index in [0.29, 0.717) is 0 Å². The molecule has 1 aromatic rings. The minimum atomic E-state index is -0.207. The smallest absolute Gasteiger partial charge is 0.127 e. The van der Waals surface area contributed by atoms with E-state index in [2.05, 4.69) is 4.90 Å². The van der Waals surface area contributed by atoms with Crippen LogP contribution in [0.25, 0.3) is 0 Å². The predicted octanol–water partition coefficient (Wildman–Crippen LogP) is 3.02. The second kappa shape index (κ2) is 5.61. The molecule has 1 aromatic carbocycles. The lowest BCUT2D eigenvalue weighted by Crippen LogP contribution is -2.34. The summed E-state index contributed by atoms with van der Waals surface area (Å²) in [5.41, 5.74) is 0.937. The number of halogens is 1. The van der Waals surface area contributed by atoms with Gasteiger partial charge in [0.1, 0.15) is 12.1 Å². The molecule has 98 valence electrons. The van der Waals surface area contributed by atoms with Gasteiger partial charge in [0.05, 0.1) is 0 Å². The number of hydrogen-bond acceptors (Lipinski definition) is 2. The minimum Gasteiger partial charge on any atom is -0.303 e. The van der Waals surface area contributed by atoms with Gasteiger partial charge >= 0.3 is 0 Å². The monoisotopic (exact) mass is 249 g/mol. The Balaban J connectivity index is 1.93. The Morgan fingerprint density at radius 2 is 1.89 bits per heavy atom. The van der Waals surface area contributed by atoms with Crippen molar-refractivity contribution in [2.75, 3.05) is 13.6 Å². The van der Waals surface area contributed by atoms with Crippen LogP contribution in [0.5, 0.6) is 0 Å². The molecule has 0 N–H and O–H groups in total. The van der Waals surface area contributed by atoms with E-state index < -0.39 is 0 Å². The third-order valence-electron chi connectivity index (χ3n) is 3.80. The first-order valence-electron chi connectivity index (χ1n) is 6.53. The zero-order valence-corrected chi connectivity index (χ0v) is 10.9. The topological polar surface area (TPSA) is 20.3 Å². The lowest BCUT2D eigenvalue weighted by molar-refractivity contribution is -0.116. The van der Waals surface area contributed by atoms with Gasteiger partial charge in [-0.3, -0.25) is 0 Å². The number of rotatable bonds is 5. The summed E-state index contributed by atoms with van der Waals surface area (Å²) in [7, 11) is 2.02. The molecule has 18 heavy (non-hydrogen) atoms. The maximum Gasteiger partial charge on any atom is 0.127 e. The van der Waals surface area contributed by atoms with Crippen molar-refractivity contribution in [2.45, 2.75) is 32.2 Å². The molecule has 2 nitrogen and oxygen atoms in total. The maximum atomic E-state index is 12.8. The van der Waals surface area contributed by atoms with Crippen LogP contribution in [0.15, 0.2) is 24.3 Å². The van der Waals surface area contributed by atoms with Crippen LogP contribution in [-0.2, 0) is 11.3 Å². The third kappa shape index (κ3) is 3.16. The van der Waals surface area contributed by atoms with Crippen LogP contribution in [-0.4, -0.2) is 24.8 Å². The Morgan fingerprint density at radius 3 is 2.44 bits per heavy atom. The lowest BCUT2D eigenvalue weighted by Gasteiger charge is -2.28. The highest BCUT2D eigenvalue weighted by molar-refractivity contribution is 5.60. The van der Waals surface area contributed by atoms with Gasteiger partial charge in [-0.05, 0) is 37.6 Å². The molecule has 0 amide bonds. The van der Waals surface area contributed by atoms with Crippen molar-refractivity contribution >= 4 is 6.29 Å². The first-order chi connectivity index (χ1) is 8.63. The van der Waals surface area contributed by atoms with E-state index in [0.717, 1.165) is 50.6 Å². The molecule has 0 atom stereocenters. The van der Waals surface area contributed by atoms with E-state index in [4.69, 9.17) is 0 Å². The van der Waals surface area contributed by atoms with Gasteiger partial charge < -0.3 is 9.69 Å². The predicted molar refractivity (Wildman–Crippen MR) is 69.7 cm³/mol. The van der Waals surface area contributed by atoms with Gasteiger partial charge in [0.25, 0.3) is 0 Å². The first kappa shape index (κ1) is 13.2. The third-order valence-corrected chi connectivity index (χ3v) is 3.80. The number of carbonyl (C=O) groups is 1. The largest absolute Gasteiger partial charge is 0.303 e. The first-order valence-corrected chi connectivity index (χ1v) is 6.53. The van der Waals surface area contributed by atoms with E-state index in [9.17, 15) is 9.18 Å². The molecule has 0 spiro atoms. The molecule has 3 heteroatoms. The van der Waals surface area contributed by atoms with E-state index in [-0.39, 0.29) is 11.2 Å². The Morgan fingerprint density at radius 1 is 1.28 bits per heavy atom. The number of nitrogens with zero attached hydrogens (tertiary/aromatic N) is 1. The zero-order chi connectivity index (χ0) is 13.0. The van der Waals surface area contributed by atoms with Crippen molar-refractivity contribution < 1.29 is 9.18 Å². The molecule has 0 unspecified atom stereocenters. The number of carbonyl (C=O) groups excluding carboxylic acids is 1. The second-order valence-corrected chi connectivity index (χ2v) is 5.49. The SMILES string of the molecule is CN(Cc1ccc(F)cc1)CC1(C=O)CCCC1. The zero-order valence-electron chi connectivity index (χ0n) is 10.9. The minimum absolute atomic E-state index is 0.144. The molecular weight excluding hydrogens is 229 g/mol. The van der Waals surface area contributed by atoms with E-state index in [1.807, 2.05) is 7.05 Å². The highest BCUT2D eigenvalue weighted by atomic mass is 19.1. The number of hydrogen-bond donors (Lipinski definition) is 0. The van der Waals surface area contributed by atoms with Crippen LogP contribution in [0, 0.1) is 11.2 Å². The summed E-state index contributed by atoms with van der Waals surface area (Å²) >= 11 is 0. The molecule has 0 aliphatic heterocycles. The molecule has 0 heterocycles. The van der Waals surface area contributed by atoms with Gasteiger partial charge in [-0.1, -0.05) is 25.0 Å². The van der Waals surface area contributed by atoms with E-state index in [1.165, 1.54) is 12.1 Å². The van der Waals surface area contributed by atoms with Gasteiger partial charge in [0.15, 0.2) is 0 Å². The highest BCUT2D eigenvalue weighted by Gasteiger charge is 2.34. The van der Waals surface area contributed by atoms with E-state index >= 15 is 0 Å². The molecule has 0 bridgehead atoms. The summed E-state index contributed by atoms with van der Waals surface area (Å²) < 4.78 is 12.8. The molecule has 2 rings (SSSR count). The maximum absolute atomic E-state index is 12.8. The molecule has 1 aliphatic carbocycles. The van der Waals surface area contributed by atoms with Gasteiger partial charge in [0, 0.05) is 18.5 Å². The van der Waals surface area contributed by atoms with Crippen molar-refractivity contribution in [1.29, 1.82) is 0 Å². The average molecular weight is 249 g/mol. The Bertz CT molecular complexity index is 395. The standard InChI is InChI=1S/C15H20FNO/c1-17(10-13-4-6-14(16)7-5-13)11-15(12-18)8-2-3-9-15/h4-7,12H,2-3,8-11H2,1H3. The van der Waals surface area contributed by atoms with Crippen molar-refractivity contribution in [2.24, 2.45) is 5.41 Å². The Hall–Kier alpha value is -1.22. The Kier molecular flexibility index (Phi) is 4.12. The van der Waals surface area contributed by atoms with Crippen LogP contribution in [0.2, 0.25) is 0 Å². The van der Waals surface area contributed by atoms with Crippen LogP contribution in [0.3, 0.4) is 0 Å². The van der Waals surface area contributed by atoms with Crippen LogP contribution in [0.1, 0.15) is 31.2 Å². The van der Waals surface area contributed by atoms with Crippen molar-refractivity contribution in [3.8, 4) is 0 Å². The van der Waals surface area contributed by atoms with Gasteiger partial charge in [-0.25, -0.2) is 4.39 Å². The van der Waals surface area contributed by atoms with Crippen molar-refractivity contribution in [1.82, 2.24) is 4.90 Å². The summed E-state index contributed by atoms with van der Waals surface area (Å²) in [6, 6.07) is 6.56. The highest BCUT2D eigenvalue weighted by Crippen LogP contribution is 2.36. The molecule has 0 saturated heterocycles. The normalized spacial score (nSPS) is 18.2. The number of aldehydes is 1. The fourth-order valence-corrected chi connectivity index (χ4v) is 2.89. The van der Waals surface area contributed by atoms with Crippen LogP contribution in [0.4, 0.5) is 4.39 Å². The molecule has 1 saturated carbocycles. The van der Waals surface area contributed by atoms with Crippen molar-refractivity contribution in [3.05, 3.63) is 35.6 Å². The summed E-state index contributed by atoms with van der Waals surface area (Å²) in [4.78, 5) is 13.4. The summed E-state index contributed by atoms with van der Waals surface area (Å²) in [5, 5.41) is 0. The second-order valence-electron chi connectivity index (χ2n) is 5.49. The average Bonchev–Trinajstić information content (AvgIpc) is 2.81. The lowest BCUT2D eigenvalue weighted by atomic mass is 9.87. The fourth-order valence-electron chi connectivity index (χ4n) is 2.89. The van der Waals surface area contributed by atoms with Crippen LogP contribution < -0.4 is 0 Å². The Labute approximate surface area is 108 Å². The van der Waals surface area contributed by atoms with Crippen LogP contribution >= 0.6 is 0 Å². The van der Waals surface area contributed by atoms with Crippen molar-refractivity contribution in [3.63, 3.8) is 0 Å². The van der Waals surface area contributed by atoms with Gasteiger partial charge in [-0.15, -0.1) is 0 Å². The summed E-state index contributed by atoms with van der Waals surface area (Å²) in [5.74, 6) is -0.207. The van der Waals surface area contributed by atoms with Gasteiger partial charge in [0.2, 0.25) is 0 Å². The molecule has 0 radical (unpaired) electrons. The molecular formula is C15H20FNO. The fraction of sp³-hybridized carbons (Fsp3) is 0.533. The summed E-state index contributed by atoms with van der Waals surface area (Å²) in [6.45, 7) is 1.56.